The molecule has 0 unspecified atom stereocenters. The van der Waals surface area contributed by atoms with Crippen LogP contribution in [0.5, 0.6) is 0 Å². The van der Waals surface area contributed by atoms with Gasteiger partial charge in [0.05, 0.1) is 11.8 Å². The van der Waals surface area contributed by atoms with Gasteiger partial charge in [0.15, 0.2) is 0 Å². The summed E-state index contributed by atoms with van der Waals surface area (Å²) in [6.07, 6.45) is 3.77. The van der Waals surface area contributed by atoms with E-state index in [1.54, 1.807) is 0 Å². The van der Waals surface area contributed by atoms with Crippen LogP contribution >= 0.6 is 0 Å². The van der Waals surface area contributed by atoms with Crippen molar-refractivity contribution in [2.45, 2.75) is 71.6 Å². The number of benzene rings is 1. The van der Waals surface area contributed by atoms with E-state index < -0.39 is 0 Å². The Bertz CT molecular complexity index is 719. The number of hydrogen-bond acceptors (Lipinski definition) is 3. The molecule has 28 heavy (non-hydrogen) atoms. The highest BCUT2D eigenvalue weighted by molar-refractivity contribution is 6.05. The molecular formula is C23H32N2O3. The number of amides is 3. The lowest BCUT2D eigenvalue weighted by atomic mass is 9.81. The van der Waals surface area contributed by atoms with Gasteiger partial charge >= 0.3 is 0 Å². The Balaban J connectivity index is 1.68. The average molecular weight is 385 g/mol. The van der Waals surface area contributed by atoms with Gasteiger partial charge in [-0.25, -0.2) is 0 Å². The largest absolute Gasteiger partial charge is 0.326 e. The summed E-state index contributed by atoms with van der Waals surface area (Å²) >= 11 is 0. The Morgan fingerprint density at radius 2 is 1.50 bits per heavy atom. The predicted molar refractivity (Wildman–Crippen MR) is 110 cm³/mol. The van der Waals surface area contributed by atoms with Gasteiger partial charge in [0.1, 0.15) is 0 Å². The molecule has 0 bridgehead atoms. The van der Waals surface area contributed by atoms with E-state index in [0.29, 0.717) is 11.8 Å². The number of para-hydroxylation sites is 1. The van der Waals surface area contributed by atoms with Gasteiger partial charge in [0, 0.05) is 18.7 Å². The van der Waals surface area contributed by atoms with E-state index in [-0.39, 0.29) is 42.5 Å². The van der Waals surface area contributed by atoms with Gasteiger partial charge in [-0.3, -0.25) is 19.3 Å². The van der Waals surface area contributed by atoms with Gasteiger partial charge in [-0.2, -0.15) is 0 Å². The minimum absolute atomic E-state index is 0.0760. The molecule has 5 nitrogen and oxygen atoms in total. The summed E-state index contributed by atoms with van der Waals surface area (Å²) in [6, 6.07) is 6.12. The SMILES string of the molecule is CC(C)c1cccc(C(C)C)c1NC(=O)CCN1C(=O)[C@H]2CCCC[C@H]2C1=O. The van der Waals surface area contributed by atoms with Crippen molar-refractivity contribution in [2.75, 3.05) is 11.9 Å². The molecule has 5 heteroatoms. The number of rotatable bonds is 6. The first-order valence-electron chi connectivity index (χ1n) is 10.6. The van der Waals surface area contributed by atoms with Crippen molar-refractivity contribution in [1.29, 1.82) is 0 Å². The Kier molecular flexibility index (Phi) is 6.21. The van der Waals surface area contributed by atoms with Crippen molar-refractivity contribution in [3.63, 3.8) is 0 Å². The second-order valence-corrected chi connectivity index (χ2v) is 8.74. The van der Waals surface area contributed by atoms with Crippen LogP contribution < -0.4 is 5.32 Å². The summed E-state index contributed by atoms with van der Waals surface area (Å²) in [5.74, 6) is -0.0267. The van der Waals surface area contributed by atoms with E-state index in [2.05, 4.69) is 33.0 Å². The summed E-state index contributed by atoms with van der Waals surface area (Å²) in [5.41, 5.74) is 3.10. The molecule has 0 spiro atoms. The van der Waals surface area contributed by atoms with Crippen molar-refractivity contribution in [3.05, 3.63) is 29.3 Å². The lowest BCUT2D eigenvalue weighted by molar-refractivity contribution is -0.140. The fourth-order valence-electron chi connectivity index (χ4n) is 4.56. The van der Waals surface area contributed by atoms with Crippen molar-refractivity contribution in [2.24, 2.45) is 11.8 Å². The van der Waals surface area contributed by atoms with Crippen LogP contribution in [0.15, 0.2) is 18.2 Å². The number of carbonyl (C=O) groups excluding carboxylic acids is 3. The molecule has 1 heterocycles. The fourth-order valence-corrected chi connectivity index (χ4v) is 4.56. The standard InChI is InChI=1S/C23H32N2O3/c1-14(2)16-10-7-11-17(15(3)4)21(16)24-20(26)12-13-25-22(27)18-8-5-6-9-19(18)23(25)28/h7,10-11,14-15,18-19H,5-6,8-9,12-13H2,1-4H3,(H,24,26)/t18-,19+. The maximum Gasteiger partial charge on any atom is 0.233 e. The quantitative estimate of drug-likeness (QED) is 0.738. The number of nitrogens with one attached hydrogen (secondary N) is 1. The van der Waals surface area contributed by atoms with Gasteiger partial charge < -0.3 is 5.32 Å². The number of likely N-dealkylation sites (tertiary alicyclic amines) is 1. The molecule has 2 atom stereocenters. The first-order valence-corrected chi connectivity index (χ1v) is 10.6. The molecular weight excluding hydrogens is 352 g/mol. The highest BCUT2D eigenvalue weighted by Crippen LogP contribution is 2.38. The van der Waals surface area contributed by atoms with Crippen molar-refractivity contribution < 1.29 is 14.4 Å². The summed E-state index contributed by atoms with van der Waals surface area (Å²) in [4.78, 5) is 39.2. The Hall–Kier alpha value is -2.17. The number of hydrogen-bond donors (Lipinski definition) is 1. The third-order valence-electron chi connectivity index (χ3n) is 6.13. The molecule has 1 aliphatic heterocycles. The molecule has 152 valence electrons. The van der Waals surface area contributed by atoms with Crippen molar-refractivity contribution in [3.8, 4) is 0 Å². The summed E-state index contributed by atoms with van der Waals surface area (Å²) in [6.45, 7) is 8.62. The maximum atomic E-state index is 12.7. The van der Waals surface area contributed by atoms with Crippen LogP contribution in [0, 0.1) is 11.8 Å². The Labute approximate surface area is 167 Å². The molecule has 1 saturated heterocycles. The predicted octanol–water partition coefficient (Wildman–Crippen LogP) is 4.44. The molecule has 1 aromatic carbocycles. The number of nitrogens with zero attached hydrogens (tertiary/aromatic N) is 1. The molecule has 1 aliphatic carbocycles. The number of anilines is 1. The van der Waals surface area contributed by atoms with Crippen LogP contribution in [-0.2, 0) is 14.4 Å². The summed E-state index contributed by atoms with van der Waals surface area (Å²) < 4.78 is 0. The van der Waals surface area contributed by atoms with Crippen LogP contribution in [0.3, 0.4) is 0 Å². The van der Waals surface area contributed by atoms with E-state index >= 15 is 0 Å². The second kappa shape index (κ2) is 8.46. The zero-order valence-corrected chi connectivity index (χ0v) is 17.5. The maximum absolute atomic E-state index is 12.7. The van der Waals surface area contributed by atoms with Gasteiger partial charge in [-0.15, -0.1) is 0 Å². The van der Waals surface area contributed by atoms with Gasteiger partial charge in [-0.05, 0) is 35.8 Å². The van der Waals surface area contributed by atoms with Crippen LogP contribution in [0.1, 0.15) is 82.8 Å². The van der Waals surface area contributed by atoms with E-state index in [1.807, 2.05) is 18.2 Å². The lowest BCUT2D eigenvalue weighted by Crippen LogP contribution is -2.34. The van der Waals surface area contributed by atoms with Crippen LogP contribution in [0.25, 0.3) is 0 Å². The molecule has 0 aromatic heterocycles. The van der Waals surface area contributed by atoms with E-state index in [9.17, 15) is 14.4 Å². The molecule has 3 amide bonds. The first kappa shape index (κ1) is 20.6. The first-order chi connectivity index (χ1) is 13.3. The minimum Gasteiger partial charge on any atom is -0.326 e. The van der Waals surface area contributed by atoms with Crippen molar-refractivity contribution in [1.82, 2.24) is 4.90 Å². The number of imide groups is 1. The molecule has 0 radical (unpaired) electrons. The molecule has 3 rings (SSSR count). The highest BCUT2D eigenvalue weighted by atomic mass is 16.2. The normalized spacial score (nSPS) is 22.1. The zero-order valence-electron chi connectivity index (χ0n) is 17.5. The number of fused-ring (bicyclic) bond motifs is 1. The van der Waals surface area contributed by atoms with Crippen LogP contribution in [-0.4, -0.2) is 29.2 Å². The lowest BCUT2D eigenvalue weighted by Gasteiger charge is -2.21. The van der Waals surface area contributed by atoms with Crippen LogP contribution in [0.2, 0.25) is 0 Å². The molecule has 1 saturated carbocycles. The monoisotopic (exact) mass is 384 g/mol. The Morgan fingerprint density at radius 1 is 1.00 bits per heavy atom. The van der Waals surface area contributed by atoms with Gasteiger partial charge in [0.25, 0.3) is 0 Å². The fraction of sp³-hybridized carbons (Fsp3) is 0.609. The minimum atomic E-state index is -0.154. The van der Waals surface area contributed by atoms with E-state index in [4.69, 9.17) is 0 Å². The third-order valence-corrected chi connectivity index (χ3v) is 6.13. The van der Waals surface area contributed by atoms with Crippen molar-refractivity contribution >= 4 is 23.4 Å². The Morgan fingerprint density at radius 3 is 1.96 bits per heavy atom. The zero-order chi connectivity index (χ0) is 20.4. The smallest absolute Gasteiger partial charge is 0.233 e. The summed E-state index contributed by atoms with van der Waals surface area (Å²) in [7, 11) is 0. The van der Waals surface area contributed by atoms with E-state index in [0.717, 1.165) is 42.5 Å². The van der Waals surface area contributed by atoms with Crippen LogP contribution in [0.4, 0.5) is 5.69 Å². The topological polar surface area (TPSA) is 66.5 Å². The average Bonchev–Trinajstić information content (AvgIpc) is 2.90. The molecule has 2 aliphatic rings. The van der Waals surface area contributed by atoms with Gasteiger partial charge in [0.2, 0.25) is 17.7 Å². The molecule has 1 aromatic rings. The van der Waals surface area contributed by atoms with Gasteiger partial charge in [-0.1, -0.05) is 58.7 Å². The highest BCUT2D eigenvalue weighted by Gasteiger charge is 2.47. The number of carbonyl (C=O) groups is 3. The summed E-state index contributed by atoms with van der Waals surface area (Å²) in [5, 5.41) is 3.07. The molecule has 1 N–H and O–H groups in total. The third kappa shape index (κ3) is 3.98. The second-order valence-electron chi connectivity index (χ2n) is 8.74. The molecule has 2 fully saturated rings. The van der Waals surface area contributed by atoms with E-state index in [1.165, 1.54) is 4.90 Å².